The van der Waals surface area contributed by atoms with Crippen LogP contribution in [0.2, 0.25) is 0 Å². The molecular weight excluding hydrogens is 565 g/mol. The third-order valence-corrected chi connectivity index (χ3v) is 11.3. The summed E-state index contributed by atoms with van der Waals surface area (Å²) in [5, 5.41) is 5.35. The second-order valence-corrected chi connectivity index (χ2v) is 13.7. The SMILES string of the molecule is C=Nc1ccccc1N1Cc2ccc3cccnc3c2-c2ccc(-c3ccc(P(C4=CCCC=C4)c4ccccc4)cc3)cc21. The molecule has 216 valence electrons. The zero-order valence-corrected chi connectivity index (χ0v) is 25.9. The van der Waals surface area contributed by atoms with Crippen LogP contribution in [0.3, 0.4) is 0 Å². The molecule has 0 fully saturated rings. The molecule has 1 aliphatic heterocycles. The van der Waals surface area contributed by atoms with E-state index < -0.39 is 7.92 Å². The number of allylic oxidation sites excluding steroid dienone is 4. The lowest BCUT2D eigenvalue weighted by Crippen LogP contribution is -2.22. The summed E-state index contributed by atoms with van der Waals surface area (Å²) in [6, 6.07) is 43.9. The molecule has 0 N–H and O–H groups in total. The van der Waals surface area contributed by atoms with Gasteiger partial charge in [-0.1, -0.05) is 115 Å². The highest BCUT2D eigenvalue weighted by Gasteiger charge is 2.27. The predicted molar refractivity (Wildman–Crippen MR) is 193 cm³/mol. The van der Waals surface area contributed by atoms with Crippen molar-refractivity contribution in [3.8, 4) is 22.3 Å². The van der Waals surface area contributed by atoms with Crippen LogP contribution in [0, 0.1) is 0 Å². The van der Waals surface area contributed by atoms with Crippen LogP contribution in [0.4, 0.5) is 17.1 Å². The van der Waals surface area contributed by atoms with E-state index in [1.54, 1.807) is 0 Å². The van der Waals surface area contributed by atoms with Gasteiger partial charge in [-0.25, -0.2) is 0 Å². The van der Waals surface area contributed by atoms with Gasteiger partial charge in [0.05, 0.1) is 22.6 Å². The van der Waals surface area contributed by atoms with Crippen molar-refractivity contribution in [2.24, 2.45) is 4.99 Å². The molecule has 0 saturated carbocycles. The summed E-state index contributed by atoms with van der Waals surface area (Å²) in [6.07, 6.45) is 11.2. The van der Waals surface area contributed by atoms with Gasteiger partial charge >= 0.3 is 0 Å². The van der Waals surface area contributed by atoms with Gasteiger partial charge in [0.15, 0.2) is 0 Å². The first kappa shape index (κ1) is 27.4. The number of aliphatic imine (C=N–C) groups is 1. The summed E-state index contributed by atoms with van der Waals surface area (Å²) >= 11 is 0. The first-order valence-electron chi connectivity index (χ1n) is 15.5. The van der Waals surface area contributed by atoms with Crippen LogP contribution >= 0.6 is 7.92 Å². The fourth-order valence-electron chi connectivity index (χ4n) is 6.65. The molecule has 0 saturated heterocycles. The molecule has 1 atom stereocenters. The number of pyridine rings is 1. The van der Waals surface area contributed by atoms with Crippen LogP contribution in [0.1, 0.15) is 18.4 Å². The molecule has 1 unspecified atom stereocenters. The van der Waals surface area contributed by atoms with E-state index in [1.807, 2.05) is 24.4 Å². The van der Waals surface area contributed by atoms with Gasteiger partial charge < -0.3 is 4.90 Å². The third kappa shape index (κ3) is 5.00. The second kappa shape index (κ2) is 11.8. The number of nitrogens with zero attached hydrogens (tertiary/aromatic N) is 3. The van der Waals surface area contributed by atoms with Gasteiger partial charge in [0.25, 0.3) is 0 Å². The van der Waals surface area contributed by atoms with Crippen LogP contribution in [0.5, 0.6) is 0 Å². The topological polar surface area (TPSA) is 28.5 Å². The van der Waals surface area contributed by atoms with Crippen LogP contribution < -0.4 is 15.5 Å². The Bertz CT molecular complexity index is 2110. The molecule has 5 aromatic carbocycles. The lowest BCUT2D eigenvalue weighted by molar-refractivity contribution is 0.963. The normalized spacial score (nSPS) is 14.4. The number of para-hydroxylation sites is 2. The average Bonchev–Trinajstić information content (AvgIpc) is 3.12. The zero-order valence-electron chi connectivity index (χ0n) is 25.0. The lowest BCUT2D eigenvalue weighted by atomic mass is 9.89. The molecule has 45 heavy (non-hydrogen) atoms. The molecule has 3 nitrogen and oxygen atoms in total. The van der Waals surface area contributed by atoms with Crippen molar-refractivity contribution in [3.05, 3.63) is 157 Å². The first-order valence-corrected chi connectivity index (χ1v) is 16.8. The lowest BCUT2D eigenvalue weighted by Gasteiger charge is -2.34. The van der Waals surface area contributed by atoms with Crippen molar-refractivity contribution < 1.29 is 0 Å². The standard InChI is InChI=1S/C41H32N3P/c1-42-37-16-8-9-17-38(37)44-28-32-19-18-30-11-10-26-43-41(30)40(32)36-25-22-31(27-39(36)44)29-20-23-35(24-21-29)45(33-12-4-2-5-13-33)34-14-6-3-7-15-34/h2,4-6,8-27H,1,3,7,28H2. The van der Waals surface area contributed by atoms with E-state index in [-0.39, 0.29) is 0 Å². The quantitative estimate of drug-likeness (QED) is 0.141. The number of anilines is 2. The van der Waals surface area contributed by atoms with E-state index in [1.165, 1.54) is 43.7 Å². The minimum absolute atomic E-state index is 0.605. The Balaban J connectivity index is 1.24. The maximum atomic E-state index is 4.84. The Hall–Kier alpha value is -5.11. The van der Waals surface area contributed by atoms with Gasteiger partial charge in [0.1, 0.15) is 0 Å². The summed E-state index contributed by atoms with van der Waals surface area (Å²) in [7, 11) is -0.605. The Morgan fingerprint density at radius 3 is 2.33 bits per heavy atom. The first-order chi connectivity index (χ1) is 22.3. The largest absolute Gasteiger partial charge is 0.335 e. The van der Waals surface area contributed by atoms with E-state index in [9.17, 15) is 0 Å². The minimum Gasteiger partial charge on any atom is -0.335 e. The Labute approximate surface area is 265 Å². The molecule has 1 aliphatic carbocycles. The highest BCUT2D eigenvalue weighted by Crippen LogP contribution is 2.49. The molecule has 0 amide bonds. The number of fused-ring (bicyclic) bond motifs is 5. The van der Waals surface area contributed by atoms with Crippen LogP contribution in [0.15, 0.2) is 156 Å². The van der Waals surface area contributed by atoms with E-state index in [0.29, 0.717) is 0 Å². The number of hydrogen-bond donors (Lipinski definition) is 0. The molecule has 2 heterocycles. The summed E-state index contributed by atoms with van der Waals surface area (Å²) in [6.45, 7) is 4.61. The second-order valence-electron chi connectivity index (χ2n) is 11.5. The molecule has 2 aliphatic rings. The molecule has 0 radical (unpaired) electrons. The van der Waals surface area contributed by atoms with Gasteiger partial charge in [-0.2, -0.15) is 0 Å². The minimum atomic E-state index is -0.605. The molecule has 0 bridgehead atoms. The van der Waals surface area contributed by atoms with Gasteiger partial charge in [-0.3, -0.25) is 9.98 Å². The van der Waals surface area contributed by atoms with Gasteiger partial charge in [0.2, 0.25) is 0 Å². The van der Waals surface area contributed by atoms with E-state index in [2.05, 4.69) is 138 Å². The van der Waals surface area contributed by atoms with E-state index in [4.69, 9.17) is 4.98 Å². The third-order valence-electron chi connectivity index (χ3n) is 8.80. The Morgan fingerprint density at radius 2 is 1.51 bits per heavy atom. The van der Waals surface area contributed by atoms with Crippen LogP contribution in [0.25, 0.3) is 33.2 Å². The predicted octanol–water partition coefficient (Wildman–Crippen LogP) is 10.2. The van der Waals surface area contributed by atoms with Gasteiger partial charge in [-0.05, 0) is 84.4 Å². The van der Waals surface area contributed by atoms with E-state index >= 15 is 0 Å². The summed E-state index contributed by atoms with van der Waals surface area (Å²) < 4.78 is 0. The highest BCUT2D eigenvalue weighted by molar-refractivity contribution is 7.77. The molecular formula is C41H32N3P. The maximum Gasteiger partial charge on any atom is 0.0859 e. The van der Waals surface area contributed by atoms with Crippen LogP contribution in [-0.2, 0) is 6.54 Å². The number of aromatic nitrogens is 1. The summed E-state index contributed by atoms with van der Waals surface area (Å²) in [5.41, 5.74) is 10.2. The van der Waals surface area contributed by atoms with Gasteiger partial charge in [0, 0.05) is 29.3 Å². The monoisotopic (exact) mass is 597 g/mol. The average molecular weight is 598 g/mol. The van der Waals surface area contributed by atoms with Crippen molar-refractivity contribution in [1.29, 1.82) is 0 Å². The fraction of sp³-hybridized carbons (Fsp3) is 0.0732. The highest BCUT2D eigenvalue weighted by atomic mass is 31.1. The van der Waals surface area contributed by atoms with Crippen molar-refractivity contribution >= 4 is 53.2 Å². The maximum absolute atomic E-state index is 4.84. The Morgan fingerprint density at radius 1 is 0.711 bits per heavy atom. The molecule has 1 aromatic heterocycles. The molecule has 8 rings (SSSR count). The van der Waals surface area contributed by atoms with Crippen molar-refractivity contribution in [2.75, 3.05) is 4.90 Å². The van der Waals surface area contributed by atoms with Crippen molar-refractivity contribution in [1.82, 2.24) is 4.98 Å². The fourth-order valence-corrected chi connectivity index (χ4v) is 9.03. The van der Waals surface area contributed by atoms with Crippen molar-refractivity contribution in [2.45, 2.75) is 19.4 Å². The molecule has 0 spiro atoms. The zero-order chi connectivity index (χ0) is 30.2. The van der Waals surface area contributed by atoms with Crippen molar-refractivity contribution in [3.63, 3.8) is 0 Å². The number of rotatable bonds is 6. The molecule has 4 heteroatoms. The molecule has 6 aromatic rings. The number of hydrogen-bond acceptors (Lipinski definition) is 3. The van der Waals surface area contributed by atoms with Gasteiger partial charge in [-0.15, -0.1) is 0 Å². The van der Waals surface area contributed by atoms with Crippen LogP contribution in [-0.4, -0.2) is 11.7 Å². The summed E-state index contributed by atoms with van der Waals surface area (Å²) in [5.74, 6) is 0. The Kier molecular flexibility index (Phi) is 7.17. The smallest absolute Gasteiger partial charge is 0.0859 e. The summed E-state index contributed by atoms with van der Waals surface area (Å²) in [4.78, 5) is 11.6. The number of benzene rings is 5. The van der Waals surface area contributed by atoms with E-state index in [0.717, 1.165) is 47.4 Å².